The molecule has 0 saturated carbocycles. The second-order valence-corrected chi connectivity index (χ2v) is 8.68. The molecular weight excluding hydrogens is 404 g/mol. The maximum absolute atomic E-state index is 13.7. The predicted octanol–water partition coefficient (Wildman–Crippen LogP) is 1.49. The van der Waals surface area contributed by atoms with Crippen molar-refractivity contribution in [2.24, 2.45) is 13.0 Å². The lowest BCUT2D eigenvalue weighted by atomic mass is 9.97. The van der Waals surface area contributed by atoms with Gasteiger partial charge in [0, 0.05) is 32.9 Å². The van der Waals surface area contributed by atoms with Crippen molar-refractivity contribution in [1.29, 1.82) is 0 Å². The van der Waals surface area contributed by atoms with E-state index in [0.717, 1.165) is 18.2 Å². The lowest BCUT2D eigenvalue weighted by Crippen LogP contribution is -2.43. The Morgan fingerprint density at radius 2 is 1.76 bits per heavy atom. The van der Waals surface area contributed by atoms with Crippen LogP contribution in [0.25, 0.3) is 0 Å². The summed E-state index contributed by atoms with van der Waals surface area (Å²) in [5.41, 5.74) is -0.288. The van der Waals surface area contributed by atoms with Crippen molar-refractivity contribution in [3.63, 3.8) is 0 Å². The van der Waals surface area contributed by atoms with Crippen LogP contribution < -0.4 is 10.3 Å². The topological polar surface area (TPSA) is 88.5 Å². The molecule has 1 fully saturated rings. The summed E-state index contributed by atoms with van der Waals surface area (Å²) >= 11 is 0. The van der Waals surface area contributed by atoms with Crippen LogP contribution in [0.15, 0.2) is 46.2 Å². The molecule has 1 N–H and O–H groups in total. The third kappa shape index (κ3) is 4.54. The number of nitrogens with one attached hydrogen (secondary N) is 1. The molecule has 10 heteroatoms. The summed E-state index contributed by atoms with van der Waals surface area (Å²) in [4.78, 5) is 25.2. The smallest absolute Gasteiger partial charge is 0.263 e. The highest BCUT2D eigenvalue weighted by atomic mass is 32.2. The van der Waals surface area contributed by atoms with Crippen LogP contribution in [0.3, 0.4) is 0 Å². The van der Waals surface area contributed by atoms with Crippen LogP contribution in [0.4, 0.5) is 8.78 Å². The van der Waals surface area contributed by atoms with Crippen LogP contribution in [-0.4, -0.2) is 43.4 Å². The molecule has 1 amide bonds. The highest BCUT2D eigenvalue weighted by Crippen LogP contribution is 2.21. The first kappa shape index (κ1) is 21.1. The molecule has 0 bridgehead atoms. The number of aryl methyl sites for hydroxylation is 1. The van der Waals surface area contributed by atoms with Gasteiger partial charge in [0.2, 0.25) is 10.0 Å². The van der Waals surface area contributed by atoms with E-state index in [-0.39, 0.29) is 29.5 Å². The number of amides is 1. The molecule has 156 valence electrons. The average molecular weight is 425 g/mol. The van der Waals surface area contributed by atoms with Gasteiger partial charge in [-0.3, -0.25) is 9.59 Å². The van der Waals surface area contributed by atoms with E-state index in [1.807, 2.05) is 0 Å². The van der Waals surface area contributed by atoms with Crippen molar-refractivity contribution in [1.82, 2.24) is 14.2 Å². The minimum Gasteiger partial charge on any atom is -0.338 e. The van der Waals surface area contributed by atoms with Crippen molar-refractivity contribution in [2.45, 2.75) is 17.7 Å². The minimum absolute atomic E-state index is 0.00520. The zero-order valence-electron chi connectivity index (χ0n) is 15.8. The Hall–Kier alpha value is -2.59. The SMILES string of the molecule is Cn1cccc(C(=O)N2CCC(CNS(=O)(=O)c3c(F)cccc3F)CC2)c1=O. The van der Waals surface area contributed by atoms with Crippen LogP contribution in [0.1, 0.15) is 23.2 Å². The summed E-state index contributed by atoms with van der Waals surface area (Å²) in [6, 6.07) is 5.97. The number of nitrogens with zero attached hydrogens (tertiary/aromatic N) is 2. The third-order valence-corrected chi connectivity index (χ3v) is 6.48. The molecule has 29 heavy (non-hydrogen) atoms. The normalized spacial score (nSPS) is 15.5. The van der Waals surface area contributed by atoms with Gasteiger partial charge in [0.1, 0.15) is 17.2 Å². The number of hydrogen-bond donors (Lipinski definition) is 1. The Morgan fingerprint density at radius 1 is 1.14 bits per heavy atom. The van der Waals surface area contributed by atoms with Crippen molar-refractivity contribution in [3.05, 3.63) is 64.1 Å². The van der Waals surface area contributed by atoms with Crippen molar-refractivity contribution >= 4 is 15.9 Å². The molecule has 1 aromatic carbocycles. The molecule has 7 nitrogen and oxygen atoms in total. The number of aromatic nitrogens is 1. The van der Waals surface area contributed by atoms with Gasteiger partial charge in [-0.25, -0.2) is 21.9 Å². The molecule has 0 radical (unpaired) electrons. The van der Waals surface area contributed by atoms with E-state index >= 15 is 0 Å². The number of piperidine rings is 1. The lowest BCUT2D eigenvalue weighted by Gasteiger charge is -2.32. The Labute approximate surface area is 167 Å². The Bertz CT molecular complexity index is 1060. The molecule has 3 rings (SSSR count). The number of halogens is 2. The highest BCUT2D eigenvalue weighted by Gasteiger charge is 2.28. The highest BCUT2D eigenvalue weighted by molar-refractivity contribution is 7.89. The number of benzene rings is 1. The predicted molar refractivity (Wildman–Crippen MR) is 102 cm³/mol. The van der Waals surface area contributed by atoms with E-state index in [1.54, 1.807) is 24.2 Å². The molecule has 0 atom stereocenters. The van der Waals surface area contributed by atoms with Crippen LogP contribution in [0.2, 0.25) is 0 Å². The molecule has 1 aromatic heterocycles. The summed E-state index contributed by atoms with van der Waals surface area (Å²) in [5, 5.41) is 0. The average Bonchev–Trinajstić information content (AvgIpc) is 2.68. The van der Waals surface area contributed by atoms with Gasteiger partial charge in [-0.05, 0) is 43.0 Å². The maximum atomic E-state index is 13.7. The quantitative estimate of drug-likeness (QED) is 0.786. The first-order valence-corrected chi connectivity index (χ1v) is 10.6. The standard InChI is InChI=1S/C19H21F2N3O4S/c1-23-9-3-4-14(18(23)25)19(26)24-10-7-13(8-11-24)12-22-29(27,28)17-15(20)5-2-6-16(17)21/h2-6,9,13,22H,7-8,10-12H2,1H3. The number of pyridine rings is 1. The van der Waals surface area contributed by atoms with E-state index in [9.17, 15) is 26.8 Å². The van der Waals surface area contributed by atoms with E-state index in [0.29, 0.717) is 25.9 Å². The van der Waals surface area contributed by atoms with E-state index in [1.165, 1.54) is 10.6 Å². The zero-order valence-corrected chi connectivity index (χ0v) is 16.6. The van der Waals surface area contributed by atoms with Crippen LogP contribution in [0, 0.1) is 17.6 Å². The third-order valence-electron chi connectivity index (χ3n) is 5.01. The van der Waals surface area contributed by atoms with Crippen molar-refractivity contribution in [3.8, 4) is 0 Å². The largest absolute Gasteiger partial charge is 0.338 e. The van der Waals surface area contributed by atoms with Crippen LogP contribution in [0.5, 0.6) is 0 Å². The first-order valence-electron chi connectivity index (χ1n) is 9.09. The summed E-state index contributed by atoms with van der Waals surface area (Å²) in [5.74, 6) is -2.76. The fourth-order valence-electron chi connectivity index (χ4n) is 3.31. The molecular formula is C19H21F2N3O4S. The van der Waals surface area contributed by atoms with Gasteiger partial charge in [-0.15, -0.1) is 0 Å². The molecule has 1 aliphatic rings. The Balaban J connectivity index is 1.60. The van der Waals surface area contributed by atoms with Gasteiger partial charge >= 0.3 is 0 Å². The lowest BCUT2D eigenvalue weighted by molar-refractivity contribution is 0.0689. The van der Waals surface area contributed by atoms with Gasteiger partial charge < -0.3 is 9.47 Å². The van der Waals surface area contributed by atoms with Crippen molar-refractivity contribution in [2.75, 3.05) is 19.6 Å². The fourth-order valence-corrected chi connectivity index (χ4v) is 4.56. The van der Waals surface area contributed by atoms with Gasteiger partial charge in [-0.2, -0.15) is 0 Å². The van der Waals surface area contributed by atoms with Crippen LogP contribution in [-0.2, 0) is 17.1 Å². The van der Waals surface area contributed by atoms with Gasteiger partial charge in [-0.1, -0.05) is 6.07 Å². The summed E-state index contributed by atoms with van der Waals surface area (Å²) in [6.45, 7) is 0.722. The zero-order chi connectivity index (χ0) is 21.2. The fraction of sp³-hybridized carbons (Fsp3) is 0.368. The number of carbonyl (C=O) groups excluding carboxylic acids is 1. The van der Waals surface area contributed by atoms with Gasteiger partial charge in [0.15, 0.2) is 4.90 Å². The van der Waals surface area contributed by atoms with E-state index in [4.69, 9.17) is 0 Å². The van der Waals surface area contributed by atoms with Crippen molar-refractivity contribution < 1.29 is 22.0 Å². The molecule has 2 heterocycles. The molecule has 1 saturated heterocycles. The molecule has 1 aliphatic heterocycles. The second-order valence-electron chi connectivity index (χ2n) is 6.98. The van der Waals surface area contributed by atoms with E-state index < -0.39 is 26.6 Å². The van der Waals surface area contributed by atoms with Gasteiger partial charge in [0.05, 0.1) is 0 Å². The first-order chi connectivity index (χ1) is 13.7. The van der Waals surface area contributed by atoms with E-state index in [2.05, 4.69) is 4.72 Å². The monoisotopic (exact) mass is 425 g/mol. The molecule has 0 unspecified atom stereocenters. The summed E-state index contributed by atoms with van der Waals surface area (Å²) < 4.78 is 55.6. The number of carbonyl (C=O) groups is 1. The summed E-state index contributed by atoms with van der Waals surface area (Å²) in [6.07, 6.45) is 2.57. The maximum Gasteiger partial charge on any atom is 0.263 e. The molecule has 2 aromatic rings. The number of rotatable bonds is 5. The Kier molecular flexibility index (Phi) is 6.13. The summed E-state index contributed by atoms with van der Waals surface area (Å²) in [7, 11) is -2.76. The molecule has 0 spiro atoms. The molecule has 0 aliphatic carbocycles. The minimum atomic E-state index is -4.33. The Morgan fingerprint density at radius 3 is 2.38 bits per heavy atom. The second kappa shape index (κ2) is 8.42. The number of likely N-dealkylation sites (tertiary alicyclic amines) is 1. The van der Waals surface area contributed by atoms with Crippen LogP contribution >= 0.6 is 0 Å². The number of hydrogen-bond acceptors (Lipinski definition) is 4. The number of sulfonamides is 1. The van der Waals surface area contributed by atoms with Gasteiger partial charge in [0.25, 0.3) is 11.5 Å².